The van der Waals surface area contributed by atoms with Crippen molar-refractivity contribution in [2.45, 2.75) is 0 Å². The van der Waals surface area contributed by atoms with Crippen molar-refractivity contribution in [3.8, 4) is 0 Å². The van der Waals surface area contributed by atoms with Crippen LogP contribution in [0.3, 0.4) is 0 Å². The van der Waals surface area contributed by atoms with Gasteiger partial charge in [0.2, 0.25) is 0 Å². The first-order valence-electron chi connectivity index (χ1n) is 1.23. The van der Waals surface area contributed by atoms with Crippen LogP contribution in [0.25, 0.3) is 0 Å². The van der Waals surface area contributed by atoms with E-state index in [1.165, 1.54) is 0 Å². The lowest BCUT2D eigenvalue weighted by atomic mass is 11.6. The van der Waals surface area contributed by atoms with Gasteiger partial charge in [-0.3, -0.25) is 9.79 Å². The largest absolute Gasteiger partial charge is 0.633 e. The average molecular weight is 110 g/mol. The van der Waals surface area contributed by atoms with Crippen LogP contribution in [0.4, 0.5) is 0 Å². The summed E-state index contributed by atoms with van der Waals surface area (Å²) in [5.74, 6) is 0. The molecule has 5 heteroatoms. The van der Waals surface area contributed by atoms with Crippen molar-refractivity contribution < 1.29 is 14.4 Å². The second kappa shape index (κ2) is 1.71. The highest BCUT2D eigenvalue weighted by Gasteiger charge is 2.25. The van der Waals surface area contributed by atoms with Gasteiger partial charge >= 0.3 is 7.75 Å². The van der Waals surface area contributed by atoms with E-state index in [4.69, 9.17) is 9.79 Å². The minimum Gasteiger partial charge on any atom is -0.271 e. The Morgan fingerprint density at radius 3 is 1.83 bits per heavy atom. The van der Waals surface area contributed by atoms with E-state index in [2.05, 4.69) is 5.09 Å². The van der Waals surface area contributed by atoms with Crippen molar-refractivity contribution in [3.05, 3.63) is 0 Å². The van der Waals surface area contributed by atoms with E-state index < -0.39 is 7.75 Å². The first kappa shape index (κ1) is 6.11. The average Bonchev–Trinajstić information content (AvgIpc) is 1.35. The molecule has 0 aliphatic heterocycles. The molecule has 0 aromatic rings. The maximum Gasteiger partial charge on any atom is 0.633 e. The molecule has 0 aromatic heterocycles. The van der Waals surface area contributed by atoms with E-state index in [0.29, 0.717) is 0 Å². The second-order valence-electron chi connectivity index (χ2n) is 0.713. The van der Waals surface area contributed by atoms with Crippen molar-refractivity contribution in [1.82, 2.24) is 5.09 Å². The standard InChI is InChI=1S/CH5NO3P/c1-2-6(3,4)5/h1H3,(H2,3,4,5)/q+1. The summed E-state index contributed by atoms with van der Waals surface area (Å²) < 4.78 is 9.53. The lowest BCUT2D eigenvalue weighted by Crippen LogP contribution is -1.89. The molecule has 6 heavy (non-hydrogen) atoms. The van der Waals surface area contributed by atoms with Crippen LogP contribution in [-0.4, -0.2) is 16.8 Å². The smallest absolute Gasteiger partial charge is 0.271 e. The van der Waals surface area contributed by atoms with E-state index in [1.54, 1.807) is 0 Å². The van der Waals surface area contributed by atoms with Crippen LogP contribution >= 0.6 is 7.75 Å². The van der Waals surface area contributed by atoms with Crippen molar-refractivity contribution >= 4 is 7.75 Å². The van der Waals surface area contributed by atoms with Gasteiger partial charge in [-0.05, 0) is 0 Å². The normalized spacial score (nSPS) is 11.8. The molecular formula is CH5NO3P+. The molecule has 0 heterocycles. The Hall–Kier alpha value is 0.110. The lowest BCUT2D eigenvalue weighted by molar-refractivity contribution is 0.361. The van der Waals surface area contributed by atoms with Crippen LogP contribution in [0.5, 0.6) is 0 Å². The van der Waals surface area contributed by atoms with Crippen LogP contribution in [0.15, 0.2) is 0 Å². The van der Waals surface area contributed by atoms with Gasteiger partial charge in [-0.25, -0.2) is 0 Å². The molecule has 0 atom stereocenters. The van der Waals surface area contributed by atoms with Gasteiger partial charge in [-0.2, -0.15) is 4.57 Å². The van der Waals surface area contributed by atoms with E-state index in [-0.39, 0.29) is 0 Å². The highest BCUT2D eigenvalue weighted by Crippen LogP contribution is 2.28. The summed E-state index contributed by atoms with van der Waals surface area (Å²) in [6.07, 6.45) is 0. The quantitative estimate of drug-likeness (QED) is 0.439. The highest BCUT2D eigenvalue weighted by atomic mass is 31.2. The minimum absolute atomic E-state index is 1.07. The molecule has 0 aliphatic rings. The molecule has 0 aliphatic carbocycles. The highest BCUT2D eigenvalue weighted by molar-refractivity contribution is 7.49. The first-order valence-corrected chi connectivity index (χ1v) is 2.79. The Morgan fingerprint density at radius 2 is 1.83 bits per heavy atom. The van der Waals surface area contributed by atoms with Crippen LogP contribution < -0.4 is 5.09 Å². The van der Waals surface area contributed by atoms with Crippen molar-refractivity contribution in [2.24, 2.45) is 0 Å². The van der Waals surface area contributed by atoms with E-state index in [9.17, 15) is 4.57 Å². The fourth-order valence-corrected chi connectivity index (χ4v) is 0. The summed E-state index contributed by atoms with van der Waals surface area (Å²) in [6.45, 7) is 0. The van der Waals surface area contributed by atoms with Gasteiger partial charge in [0.05, 0.1) is 0 Å². The lowest BCUT2D eigenvalue weighted by Gasteiger charge is -1.75. The molecule has 0 amide bonds. The van der Waals surface area contributed by atoms with Crippen LogP contribution in [0, 0.1) is 0 Å². The third-order valence-corrected chi connectivity index (χ3v) is 0.782. The monoisotopic (exact) mass is 110 g/mol. The van der Waals surface area contributed by atoms with Crippen molar-refractivity contribution in [3.63, 3.8) is 0 Å². The summed E-state index contributed by atoms with van der Waals surface area (Å²) in [5, 5.41) is 2.69. The molecule has 0 spiro atoms. The van der Waals surface area contributed by atoms with E-state index in [1.807, 2.05) is 0 Å². The minimum atomic E-state index is -4.02. The van der Waals surface area contributed by atoms with Gasteiger partial charge in [-0.1, -0.05) is 0 Å². The Bertz CT molecular complexity index is 74.9. The fourth-order valence-electron chi connectivity index (χ4n) is 0. The Balaban J connectivity index is 3.48. The number of nitrogens with zero attached hydrogens (tertiary/aromatic N) is 1. The molecule has 0 rings (SSSR count). The van der Waals surface area contributed by atoms with Crippen molar-refractivity contribution in [2.75, 3.05) is 7.05 Å². The number of hydrogen-bond donors (Lipinski definition) is 2. The molecule has 0 bridgehead atoms. The van der Waals surface area contributed by atoms with Gasteiger partial charge in [0.25, 0.3) is 0 Å². The molecule has 4 nitrogen and oxygen atoms in total. The molecule has 0 fully saturated rings. The summed E-state index contributed by atoms with van der Waals surface area (Å²) in [5.41, 5.74) is 0. The summed E-state index contributed by atoms with van der Waals surface area (Å²) in [7, 11) is -2.95. The molecule has 36 valence electrons. The molecule has 0 aromatic carbocycles. The summed E-state index contributed by atoms with van der Waals surface area (Å²) in [4.78, 5) is 15.5. The predicted molar refractivity (Wildman–Crippen MR) is 20.1 cm³/mol. The molecular weight excluding hydrogens is 105 g/mol. The van der Waals surface area contributed by atoms with Gasteiger partial charge < -0.3 is 0 Å². The molecule has 2 N–H and O–H groups in total. The zero-order valence-corrected chi connectivity index (χ0v) is 4.09. The Kier molecular flexibility index (Phi) is 1.74. The summed E-state index contributed by atoms with van der Waals surface area (Å²) >= 11 is 0. The maximum atomic E-state index is 9.53. The van der Waals surface area contributed by atoms with Crippen LogP contribution in [0.1, 0.15) is 0 Å². The van der Waals surface area contributed by atoms with E-state index >= 15 is 0 Å². The Labute approximate surface area is 35.4 Å². The number of hydrogen-bond acceptors (Lipinski definition) is 1. The molecule has 0 unspecified atom stereocenters. The second-order valence-corrected chi connectivity index (χ2v) is 2.14. The fraction of sp³-hybridized carbons (Fsp3) is 1.00. The molecule has 0 saturated heterocycles. The topological polar surface area (TPSA) is 71.6 Å². The van der Waals surface area contributed by atoms with Gasteiger partial charge in [0, 0.05) is 0 Å². The van der Waals surface area contributed by atoms with Crippen LogP contribution in [-0.2, 0) is 4.57 Å². The van der Waals surface area contributed by atoms with Crippen LogP contribution in [0.2, 0.25) is 0 Å². The SMILES string of the molecule is C[N+]P(=O)(O)O. The zero-order valence-electron chi connectivity index (χ0n) is 3.20. The summed E-state index contributed by atoms with van der Waals surface area (Å²) in [6, 6.07) is 0. The third-order valence-electron chi connectivity index (χ3n) is 0.261. The zero-order chi connectivity index (χ0) is 5.21. The van der Waals surface area contributed by atoms with E-state index in [0.717, 1.165) is 7.05 Å². The predicted octanol–water partition coefficient (Wildman–Crippen LogP) is -0.687. The Morgan fingerprint density at radius 1 is 1.67 bits per heavy atom. The van der Waals surface area contributed by atoms with Gasteiger partial charge in [-0.15, -0.1) is 0 Å². The maximum absolute atomic E-state index is 9.53. The van der Waals surface area contributed by atoms with Gasteiger partial charge in [0.15, 0.2) is 12.1 Å². The third kappa shape index (κ3) is 4.11. The molecule has 2 radical (unpaired) electrons. The van der Waals surface area contributed by atoms with Gasteiger partial charge in [0.1, 0.15) is 0 Å². The van der Waals surface area contributed by atoms with Crippen molar-refractivity contribution in [1.29, 1.82) is 0 Å². The number of rotatable bonds is 1. The first-order chi connectivity index (χ1) is 2.56. The molecule has 0 saturated carbocycles.